The van der Waals surface area contributed by atoms with Crippen molar-refractivity contribution < 1.29 is 33.8 Å². The molecule has 2 heterocycles. The van der Waals surface area contributed by atoms with Gasteiger partial charge < -0.3 is 29.6 Å². The van der Waals surface area contributed by atoms with Crippen molar-refractivity contribution in [1.82, 2.24) is 0 Å². The molecule has 4 aromatic rings. The summed E-state index contributed by atoms with van der Waals surface area (Å²) in [6.45, 7) is 9.47. The first-order valence-corrected chi connectivity index (χ1v) is 14.7. The number of carbonyl (C=O) groups excluding carboxylic acids is 2. The minimum atomic E-state index is -1.19. The molecule has 0 saturated carbocycles. The molecule has 0 spiro atoms. The molecule has 10 heteroatoms. The number of carbonyl (C=O) groups is 3. The summed E-state index contributed by atoms with van der Waals surface area (Å²) in [5.41, 5.74) is 5.02. The lowest BCUT2D eigenvalue weighted by atomic mass is 9.91. The third-order valence-electron chi connectivity index (χ3n) is 8.02. The van der Waals surface area contributed by atoms with Crippen LogP contribution in [-0.4, -0.2) is 47.3 Å². The van der Waals surface area contributed by atoms with Crippen molar-refractivity contribution in [1.29, 1.82) is 0 Å². The molecule has 1 aliphatic rings. The largest absolute Gasteiger partial charge is 0.475 e. The maximum absolute atomic E-state index is 14.2. The highest BCUT2D eigenvalue weighted by molar-refractivity contribution is 6.30. The molecule has 5 rings (SSSR count). The number of hydrogen-bond donors (Lipinski definition) is 3. The molecule has 2 amide bonds. The Kier molecular flexibility index (Phi) is 8.57. The van der Waals surface area contributed by atoms with Crippen molar-refractivity contribution in [2.24, 2.45) is 5.41 Å². The Morgan fingerprint density at radius 1 is 1.02 bits per heavy atom. The van der Waals surface area contributed by atoms with Crippen molar-refractivity contribution in [2.75, 3.05) is 23.4 Å². The highest BCUT2D eigenvalue weighted by Gasteiger charge is 2.40. The topological polar surface area (TPSA) is 129 Å². The van der Waals surface area contributed by atoms with Gasteiger partial charge in [0.25, 0.3) is 5.91 Å². The summed E-state index contributed by atoms with van der Waals surface area (Å²) in [5, 5.41) is 23.2. The Morgan fingerprint density at radius 2 is 1.77 bits per heavy atom. The van der Waals surface area contributed by atoms with Gasteiger partial charge in [-0.05, 0) is 79.4 Å². The van der Waals surface area contributed by atoms with E-state index in [1.807, 2.05) is 45.9 Å². The standard InChI is InChI=1S/C34H35ClN2O7/c1-18-7-6-8-24(20(18)3)31-25-14-22(35)9-10-26(25)37(16-34(4,5)17-38)32(40)27(43-31)15-29(39)36-23-11-19(2)30-21(12-23)13-28(44-30)33(41)42/h6-14,27,31,38H,15-17H2,1-5H3,(H,36,39)(H,41,42)/t27-,31-/m1/s1. The monoisotopic (exact) mass is 618 g/mol. The fourth-order valence-electron chi connectivity index (χ4n) is 5.53. The molecule has 2 atom stereocenters. The number of amides is 2. The lowest BCUT2D eigenvalue weighted by Crippen LogP contribution is -2.46. The van der Waals surface area contributed by atoms with Crippen LogP contribution in [0.4, 0.5) is 11.4 Å². The van der Waals surface area contributed by atoms with Gasteiger partial charge in [-0.1, -0.05) is 43.6 Å². The molecular formula is C34H35ClN2O7. The van der Waals surface area contributed by atoms with E-state index in [0.29, 0.717) is 38.5 Å². The molecule has 0 radical (unpaired) electrons. The van der Waals surface area contributed by atoms with Gasteiger partial charge in [0.15, 0.2) is 0 Å². The van der Waals surface area contributed by atoms with Crippen molar-refractivity contribution in [3.05, 3.63) is 93.2 Å². The van der Waals surface area contributed by atoms with Crippen LogP contribution < -0.4 is 10.2 Å². The summed E-state index contributed by atoms with van der Waals surface area (Å²) in [6, 6.07) is 15.8. The number of carboxylic acid groups (broad SMARTS) is 1. The Bertz CT molecular complexity index is 1780. The summed E-state index contributed by atoms with van der Waals surface area (Å²) in [6.07, 6.45) is -2.16. The molecule has 230 valence electrons. The quantitative estimate of drug-likeness (QED) is 0.203. The minimum Gasteiger partial charge on any atom is -0.475 e. The van der Waals surface area contributed by atoms with Crippen LogP contribution in [0.1, 0.15) is 64.7 Å². The van der Waals surface area contributed by atoms with Crippen molar-refractivity contribution >= 4 is 51.7 Å². The second kappa shape index (κ2) is 12.1. The molecule has 9 nitrogen and oxygen atoms in total. The van der Waals surface area contributed by atoms with E-state index < -0.39 is 35.4 Å². The van der Waals surface area contributed by atoms with Crippen LogP contribution in [-0.2, 0) is 14.3 Å². The average Bonchev–Trinajstić information content (AvgIpc) is 3.37. The number of fused-ring (bicyclic) bond motifs is 2. The van der Waals surface area contributed by atoms with Gasteiger partial charge in [0.1, 0.15) is 17.8 Å². The number of aliphatic hydroxyl groups excluding tert-OH is 1. The molecule has 3 N–H and O–H groups in total. The molecule has 3 aromatic carbocycles. The number of ether oxygens (including phenoxy) is 1. The number of hydrogen-bond acceptors (Lipinski definition) is 6. The maximum atomic E-state index is 14.2. The zero-order valence-corrected chi connectivity index (χ0v) is 26.0. The van der Waals surface area contributed by atoms with E-state index in [0.717, 1.165) is 16.7 Å². The number of aromatic carboxylic acids is 1. The fraction of sp³-hybridized carbons (Fsp3) is 0.324. The number of rotatable bonds is 8. The summed E-state index contributed by atoms with van der Waals surface area (Å²) < 4.78 is 12.0. The summed E-state index contributed by atoms with van der Waals surface area (Å²) in [5.74, 6) is -2.27. The van der Waals surface area contributed by atoms with Crippen LogP contribution in [0.25, 0.3) is 11.0 Å². The zero-order valence-electron chi connectivity index (χ0n) is 25.2. The van der Waals surface area contributed by atoms with E-state index in [1.165, 1.54) is 6.07 Å². The maximum Gasteiger partial charge on any atom is 0.371 e. The first-order valence-electron chi connectivity index (χ1n) is 14.3. The highest BCUT2D eigenvalue weighted by atomic mass is 35.5. The lowest BCUT2D eigenvalue weighted by molar-refractivity contribution is -0.136. The van der Waals surface area contributed by atoms with E-state index >= 15 is 0 Å². The third-order valence-corrected chi connectivity index (χ3v) is 8.25. The van der Waals surface area contributed by atoms with Gasteiger partial charge in [0.2, 0.25) is 11.7 Å². The van der Waals surface area contributed by atoms with Crippen molar-refractivity contribution in [2.45, 2.75) is 53.2 Å². The van der Waals surface area contributed by atoms with Gasteiger partial charge >= 0.3 is 5.97 Å². The number of nitrogens with one attached hydrogen (secondary N) is 1. The van der Waals surface area contributed by atoms with E-state index in [1.54, 1.807) is 42.2 Å². The summed E-state index contributed by atoms with van der Waals surface area (Å²) in [4.78, 5) is 40.7. The lowest BCUT2D eigenvalue weighted by Gasteiger charge is -2.32. The van der Waals surface area contributed by atoms with E-state index in [4.69, 9.17) is 20.8 Å². The molecular weight excluding hydrogens is 584 g/mol. The first-order chi connectivity index (χ1) is 20.8. The van der Waals surface area contributed by atoms with Crippen LogP contribution in [0.2, 0.25) is 5.02 Å². The second-order valence-electron chi connectivity index (χ2n) is 12.1. The highest BCUT2D eigenvalue weighted by Crippen LogP contribution is 2.42. The fourth-order valence-corrected chi connectivity index (χ4v) is 5.71. The smallest absolute Gasteiger partial charge is 0.371 e. The number of furan rings is 1. The van der Waals surface area contributed by atoms with E-state index in [2.05, 4.69) is 5.32 Å². The predicted octanol–water partition coefficient (Wildman–Crippen LogP) is 6.58. The summed E-state index contributed by atoms with van der Waals surface area (Å²) in [7, 11) is 0. The number of halogens is 1. The van der Waals surface area contributed by atoms with Crippen molar-refractivity contribution in [3.8, 4) is 0 Å². The van der Waals surface area contributed by atoms with Gasteiger partial charge in [-0.15, -0.1) is 0 Å². The molecule has 0 unspecified atom stereocenters. The molecule has 1 aliphatic heterocycles. The van der Waals surface area contributed by atoms with Crippen molar-refractivity contribution in [3.63, 3.8) is 0 Å². The van der Waals surface area contributed by atoms with Crippen LogP contribution in [0.5, 0.6) is 0 Å². The number of anilines is 2. The third kappa shape index (κ3) is 6.22. The average molecular weight is 619 g/mol. The van der Waals surface area contributed by atoms with Crippen LogP contribution >= 0.6 is 11.6 Å². The minimum absolute atomic E-state index is 0.161. The number of aryl methyl sites for hydroxylation is 2. The van der Waals surface area contributed by atoms with Gasteiger partial charge in [0.05, 0.1) is 6.42 Å². The molecule has 0 saturated heterocycles. The first kappa shape index (κ1) is 31.3. The second-order valence-corrected chi connectivity index (χ2v) is 12.6. The number of benzene rings is 3. The predicted molar refractivity (Wildman–Crippen MR) is 168 cm³/mol. The molecule has 0 aliphatic carbocycles. The Hall–Kier alpha value is -4.18. The number of aliphatic hydroxyl groups is 1. The normalized spacial score (nSPS) is 17.0. The van der Waals surface area contributed by atoms with Crippen LogP contribution in [0, 0.1) is 26.2 Å². The Morgan fingerprint density at radius 3 is 2.48 bits per heavy atom. The molecule has 44 heavy (non-hydrogen) atoms. The Labute approximate surface area is 260 Å². The molecule has 0 fully saturated rings. The van der Waals surface area contributed by atoms with Crippen LogP contribution in [0.3, 0.4) is 0 Å². The van der Waals surface area contributed by atoms with Gasteiger partial charge in [0, 0.05) is 45.9 Å². The Balaban J connectivity index is 1.53. The number of nitrogens with zero attached hydrogens (tertiary/aromatic N) is 1. The SMILES string of the molecule is Cc1cccc([C@H]2O[C@H](CC(=O)Nc3cc(C)c4oc(C(=O)O)cc4c3)C(=O)N(CC(C)(C)CO)c3ccc(Cl)cc32)c1C. The van der Waals surface area contributed by atoms with E-state index in [9.17, 15) is 24.6 Å². The van der Waals surface area contributed by atoms with Gasteiger partial charge in [-0.25, -0.2) is 4.79 Å². The van der Waals surface area contributed by atoms with Gasteiger partial charge in [-0.2, -0.15) is 0 Å². The molecule has 0 bridgehead atoms. The van der Waals surface area contributed by atoms with Crippen LogP contribution in [0.15, 0.2) is 59.0 Å². The number of carboxylic acids is 1. The summed E-state index contributed by atoms with van der Waals surface area (Å²) >= 11 is 6.48. The molecule has 1 aromatic heterocycles. The van der Waals surface area contributed by atoms with E-state index in [-0.39, 0.29) is 25.3 Å². The zero-order chi connectivity index (χ0) is 31.9. The van der Waals surface area contributed by atoms with Gasteiger partial charge in [-0.3, -0.25) is 9.59 Å².